The Kier molecular flexibility index (Phi) is 43.4. The summed E-state index contributed by atoms with van der Waals surface area (Å²) in [5.74, 6) is -0.283. The Bertz CT molecular complexity index is 1560. The number of unbranched alkanes of at least 4 members (excludes halogenated alkanes) is 35. The zero-order valence-corrected chi connectivity index (χ0v) is 51.4. The first-order chi connectivity index (χ1) is 40.3. The van der Waals surface area contributed by atoms with Crippen LogP contribution in [0.25, 0.3) is 0 Å². The highest BCUT2D eigenvalue weighted by Crippen LogP contribution is 2.33. The third kappa shape index (κ3) is 30.5. The maximum Gasteiger partial charge on any atom is 0.220 e. The van der Waals surface area contributed by atoms with Crippen molar-refractivity contribution in [2.45, 2.75) is 362 Å². The van der Waals surface area contributed by atoms with E-state index in [4.69, 9.17) is 28.4 Å². The van der Waals surface area contributed by atoms with Gasteiger partial charge in [0, 0.05) is 6.42 Å². The second-order valence-electron chi connectivity index (χ2n) is 24.3. The van der Waals surface area contributed by atoms with E-state index in [1.54, 1.807) is 6.08 Å². The predicted molar refractivity (Wildman–Crippen MR) is 319 cm³/mol. The zero-order chi connectivity index (χ0) is 60.5. The summed E-state index contributed by atoms with van der Waals surface area (Å²) in [5, 5.41) is 120. The quantitative estimate of drug-likeness (QED) is 0.0205. The predicted octanol–water partition coefficient (Wildman–Crippen LogP) is 7.72. The minimum absolute atomic E-state index is 0.243. The summed E-state index contributed by atoms with van der Waals surface area (Å²) < 4.78 is 34.2. The van der Waals surface area contributed by atoms with Gasteiger partial charge in [0.25, 0.3) is 0 Å². The normalized spacial score (nSPS) is 29.4. The van der Waals surface area contributed by atoms with Gasteiger partial charge in [0.05, 0.1) is 38.6 Å². The first-order valence-electron chi connectivity index (χ1n) is 33.4. The number of hydrogen-bond donors (Lipinski definition) is 12. The molecule has 3 saturated heterocycles. The van der Waals surface area contributed by atoms with Crippen LogP contribution in [0.15, 0.2) is 12.2 Å². The molecule has 0 bridgehead atoms. The van der Waals surface area contributed by atoms with Crippen LogP contribution in [0.5, 0.6) is 0 Å². The largest absolute Gasteiger partial charge is 0.394 e. The highest BCUT2D eigenvalue weighted by atomic mass is 16.8. The topological polar surface area (TPSA) is 307 Å². The highest BCUT2D eigenvalue weighted by Gasteiger charge is 2.53. The molecule has 12 N–H and O–H groups in total. The van der Waals surface area contributed by atoms with E-state index in [-0.39, 0.29) is 18.9 Å². The molecule has 3 heterocycles. The van der Waals surface area contributed by atoms with E-state index in [1.807, 2.05) is 6.08 Å². The molecule has 17 unspecified atom stereocenters. The molecule has 1 amide bonds. The molecule has 3 rings (SSSR count). The first-order valence-corrected chi connectivity index (χ1v) is 33.4. The van der Waals surface area contributed by atoms with Crippen molar-refractivity contribution in [3.05, 3.63) is 12.2 Å². The Morgan fingerprint density at radius 3 is 1.13 bits per heavy atom. The number of nitrogens with one attached hydrogen (secondary N) is 1. The maximum atomic E-state index is 13.2. The average Bonchev–Trinajstić information content (AvgIpc) is 3.25. The highest BCUT2D eigenvalue weighted by molar-refractivity contribution is 5.76. The summed E-state index contributed by atoms with van der Waals surface area (Å²) in [6.45, 7) is 1.66. The van der Waals surface area contributed by atoms with Gasteiger partial charge < -0.3 is 89.9 Å². The number of aliphatic hydroxyl groups is 11. The molecule has 19 nitrogen and oxygen atoms in total. The minimum Gasteiger partial charge on any atom is -0.394 e. The molecule has 0 radical (unpaired) electrons. The molecule has 0 aromatic rings. The molecule has 490 valence electrons. The fourth-order valence-corrected chi connectivity index (χ4v) is 11.6. The van der Waals surface area contributed by atoms with Gasteiger partial charge in [-0.05, 0) is 19.3 Å². The number of carbonyl (C=O) groups is 1. The van der Waals surface area contributed by atoms with Gasteiger partial charge in [0.15, 0.2) is 18.9 Å². The van der Waals surface area contributed by atoms with Crippen LogP contribution in [0.2, 0.25) is 0 Å². The van der Waals surface area contributed by atoms with E-state index < -0.39 is 124 Å². The van der Waals surface area contributed by atoms with E-state index in [0.29, 0.717) is 6.42 Å². The van der Waals surface area contributed by atoms with Gasteiger partial charge in [0.1, 0.15) is 73.2 Å². The molecule has 83 heavy (non-hydrogen) atoms. The average molecular weight is 1190 g/mol. The van der Waals surface area contributed by atoms with Crippen molar-refractivity contribution in [1.82, 2.24) is 5.32 Å². The summed E-state index contributed by atoms with van der Waals surface area (Å²) >= 11 is 0. The lowest BCUT2D eigenvalue weighted by atomic mass is 9.96. The molecule has 19 heteroatoms. The Labute approximate surface area is 499 Å². The smallest absolute Gasteiger partial charge is 0.220 e. The summed E-state index contributed by atoms with van der Waals surface area (Å²) in [5.41, 5.74) is 0. The summed E-state index contributed by atoms with van der Waals surface area (Å²) in [6.07, 6.45) is 24.3. The monoisotopic (exact) mass is 1190 g/mol. The number of amides is 1. The van der Waals surface area contributed by atoms with Gasteiger partial charge in [-0.15, -0.1) is 0 Å². The van der Waals surface area contributed by atoms with Crippen molar-refractivity contribution < 1.29 is 89.4 Å². The maximum absolute atomic E-state index is 13.2. The number of allylic oxidation sites excluding steroid dienone is 1. The van der Waals surface area contributed by atoms with Gasteiger partial charge in [-0.25, -0.2) is 0 Å². The van der Waals surface area contributed by atoms with Gasteiger partial charge >= 0.3 is 0 Å². The summed E-state index contributed by atoms with van der Waals surface area (Å²) in [4.78, 5) is 13.2. The van der Waals surface area contributed by atoms with Gasteiger partial charge in [-0.2, -0.15) is 0 Å². The van der Waals surface area contributed by atoms with Gasteiger partial charge in [-0.3, -0.25) is 4.79 Å². The Morgan fingerprint density at radius 2 is 0.747 bits per heavy atom. The van der Waals surface area contributed by atoms with E-state index in [0.717, 1.165) is 57.8 Å². The fraction of sp³-hybridized carbons (Fsp3) is 0.953. The molecule has 3 aliphatic heterocycles. The summed E-state index contributed by atoms with van der Waals surface area (Å²) in [6, 6.07) is -0.965. The van der Waals surface area contributed by atoms with Gasteiger partial charge in [-0.1, -0.05) is 244 Å². The third-order valence-electron chi connectivity index (χ3n) is 17.1. The minimum atomic E-state index is -1.97. The molecule has 0 saturated carbocycles. The Balaban J connectivity index is 1.32. The van der Waals surface area contributed by atoms with E-state index in [1.165, 1.54) is 173 Å². The third-order valence-corrected chi connectivity index (χ3v) is 17.1. The van der Waals surface area contributed by atoms with Crippen LogP contribution in [0.4, 0.5) is 0 Å². The number of aliphatic hydroxyl groups excluding tert-OH is 11. The number of rotatable bonds is 51. The van der Waals surface area contributed by atoms with Crippen LogP contribution in [-0.4, -0.2) is 193 Å². The van der Waals surface area contributed by atoms with Crippen LogP contribution < -0.4 is 5.32 Å². The SMILES string of the molecule is CCCCCCCCCCCCCCCCCCCCCCCCCCCCCCCC/C=C/C(O)C(COC1OC(CO)C(OC2OC(CO)C(OC3OC(CO)C(O)C(O)C3O)C(O)C2O)C(O)C1O)NC(=O)CCCCCCCC. The Hall–Kier alpha value is -1.47. The van der Waals surface area contributed by atoms with Crippen LogP contribution in [0.3, 0.4) is 0 Å². The van der Waals surface area contributed by atoms with Crippen LogP contribution in [-0.2, 0) is 33.2 Å². The second-order valence-corrected chi connectivity index (χ2v) is 24.3. The molecular formula is C64H121NO18. The molecule has 0 aliphatic carbocycles. The standard InChI is InChI=1S/C64H121NO18/c1-3-5-7-9-11-12-13-14-15-16-17-18-19-20-21-22-23-24-25-26-27-28-29-30-31-32-33-34-35-36-37-39-41-48(69)47(65-52(70)42-40-38-10-8-6-4-2)46-78-62-58(76)55(73)60(50(44-67)80-62)83-64-59(77)56(74)61(51(45-68)81-64)82-63-57(75)54(72)53(71)49(43-66)79-63/h39,41,47-51,53-64,66-69,71-77H,3-38,40,42-46H2,1-2H3,(H,65,70)/b41-39+. The van der Waals surface area contributed by atoms with Crippen molar-refractivity contribution in [2.75, 3.05) is 26.4 Å². The lowest BCUT2D eigenvalue weighted by Gasteiger charge is -2.48. The van der Waals surface area contributed by atoms with Crippen molar-refractivity contribution in [2.24, 2.45) is 0 Å². The molecule has 17 atom stereocenters. The van der Waals surface area contributed by atoms with Crippen molar-refractivity contribution in [3.8, 4) is 0 Å². The lowest BCUT2D eigenvalue weighted by Crippen LogP contribution is -2.66. The van der Waals surface area contributed by atoms with Crippen LogP contribution in [0.1, 0.15) is 258 Å². The molecule has 3 aliphatic rings. The first kappa shape index (κ1) is 75.8. The van der Waals surface area contributed by atoms with E-state index >= 15 is 0 Å². The lowest BCUT2D eigenvalue weighted by molar-refractivity contribution is -0.379. The van der Waals surface area contributed by atoms with Crippen molar-refractivity contribution in [1.29, 1.82) is 0 Å². The Morgan fingerprint density at radius 1 is 0.422 bits per heavy atom. The van der Waals surface area contributed by atoms with Gasteiger partial charge in [0.2, 0.25) is 5.91 Å². The number of carbonyl (C=O) groups excluding carboxylic acids is 1. The molecule has 0 spiro atoms. The van der Waals surface area contributed by atoms with E-state index in [9.17, 15) is 61.0 Å². The van der Waals surface area contributed by atoms with Crippen LogP contribution >= 0.6 is 0 Å². The zero-order valence-electron chi connectivity index (χ0n) is 51.4. The number of hydrogen-bond acceptors (Lipinski definition) is 18. The van der Waals surface area contributed by atoms with Crippen LogP contribution in [0, 0.1) is 0 Å². The molecule has 0 aromatic heterocycles. The second kappa shape index (κ2) is 47.5. The van der Waals surface area contributed by atoms with E-state index in [2.05, 4.69) is 19.2 Å². The molecule has 0 aromatic carbocycles. The summed E-state index contributed by atoms with van der Waals surface area (Å²) in [7, 11) is 0. The van der Waals surface area contributed by atoms with Crippen molar-refractivity contribution in [3.63, 3.8) is 0 Å². The molecule has 3 fully saturated rings. The number of ether oxygens (including phenoxy) is 6. The molecular weight excluding hydrogens is 1070 g/mol. The fourth-order valence-electron chi connectivity index (χ4n) is 11.6. The van der Waals surface area contributed by atoms with Crippen molar-refractivity contribution >= 4 is 5.91 Å².